The lowest BCUT2D eigenvalue weighted by atomic mass is 9.88. The van der Waals surface area contributed by atoms with Crippen molar-refractivity contribution in [2.75, 3.05) is 13.1 Å². The number of hydrogen-bond donors (Lipinski definition) is 1. The molecule has 2 aromatic rings. The molecule has 1 N–H and O–H groups in total. The van der Waals surface area contributed by atoms with Gasteiger partial charge in [0.2, 0.25) is 0 Å². The van der Waals surface area contributed by atoms with Gasteiger partial charge in [0.1, 0.15) is 11.4 Å². The van der Waals surface area contributed by atoms with Gasteiger partial charge in [-0.05, 0) is 60.8 Å². The highest BCUT2D eigenvalue weighted by Crippen LogP contribution is 2.41. The number of hydrogen-bond acceptors (Lipinski definition) is 3. The minimum absolute atomic E-state index is 0.0108. The van der Waals surface area contributed by atoms with Gasteiger partial charge in [-0.3, -0.25) is 0 Å². The third kappa shape index (κ3) is 2.26. The summed E-state index contributed by atoms with van der Waals surface area (Å²) in [5.41, 5.74) is 4.29. The Morgan fingerprint density at radius 3 is 2.45 bits per heavy atom. The van der Waals surface area contributed by atoms with E-state index >= 15 is 0 Å². The number of nitrogens with zero attached hydrogens (tertiary/aromatic N) is 1. The third-order valence-electron chi connectivity index (χ3n) is 4.77. The Morgan fingerprint density at radius 1 is 1.00 bits per heavy atom. The van der Waals surface area contributed by atoms with E-state index in [4.69, 9.17) is 10.00 Å². The van der Waals surface area contributed by atoms with Crippen LogP contribution in [0.15, 0.2) is 42.5 Å². The van der Waals surface area contributed by atoms with Crippen LogP contribution in [0.3, 0.4) is 0 Å². The molecule has 2 aliphatic rings. The lowest BCUT2D eigenvalue weighted by molar-refractivity contribution is 0.0600. The average Bonchev–Trinajstić information content (AvgIpc) is 2.92. The predicted molar refractivity (Wildman–Crippen MR) is 85.8 cm³/mol. The third-order valence-corrected chi connectivity index (χ3v) is 4.77. The Morgan fingerprint density at radius 2 is 1.73 bits per heavy atom. The van der Waals surface area contributed by atoms with Crippen molar-refractivity contribution in [1.29, 1.82) is 5.26 Å². The molecule has 1 saturated heterocycles. The van der Waals surface area contributed by atoms with E-state index in [2.05, 4.69) is 29.6 Å². The van der Waals surface area contributed by atoms with Gasteiger partial charge in [0.05, 0.1) is 11.6 Å². The molecule has 1 fully saturated rings. The lowest BCUT2D eigenvalue weighted by Gasteiger charge is -2.33. The number of fused-ring (bicyclic) bond motifs is 1. The molecule has 0 bridgehead atoms. The van der Waals surface area contributed by atoms with Crippen LogP contribution in [0.2, 0.25) is 0 Å². The zero-order chi connectivity index (χ0) is 15.0. The topological polar surface area (TPSA) is 45.0 Å². The van der Waals surface area contributed by atoms with Crippen molar-refractivity contribution >= 4 is 0 Å². The van der Waals surface area contributed by atoms with E-state index in [0.29, 0.717) is 5.56 Å². The van der Waals surface area contributed by atoms with Crippen LogP contribution in [-0.2, 0) is 6.42 Å². The van der Waals surface area contributed by atoms with E-state index in [9.17, 15) is 0 Å². The fraction of sp³-hybridized carbons (Fsp3) is 0.316. The van der Waals surface area contributed by atoms with Crippen LogP contribution >= 0.6 is 0 Å². The molecule has 2 aliphatic heterocycles. The molecule has 0 unspecified atom stereocenters. The second kappa shape index (κ2) is 5.15. The van der Waals surface area contributed by atoms with E-state index in [1.165, 1.54) is 5.56 Å². The van der Waals surface area contributed by atoms with E-state index in [1.807, 2.05) is 24.3 Å². The first-order valence-electron chi connectivity index (χ1n) is 7.81. The van der Waals surface area contributed by atoms with Crippen LogP contribution in [0.25, 0.3) is 11.1 Å². The molecule has 0 amide bonds. The molecule has 1 spiro atoms. The number of benzene rings is 2. The van der Waals surface area contributed by atoms with Gasteiger partial charge in [0.25, 0.3) is 0 Å². The first-order chi connectivity index (χ1) is 10.8. The summed E-state index contributed by atoms with van der Waals surface area (Å²) in [5.74, 6) is 1.03. The zero-order valence-corrected chi connectivity index (χ0v) is 12.4. The SMILES string of the molecule is N#Cc1ccc(-c2ccc3c(c2)OC2(CCNCC2)C3)cc1. The minimum atomic E-state index is 0.0108. The van der Waals surface area contributed by atoms with Gasteiger partial charge >= 0.3 is 0 Å². The van der Waals surface area contributed by atoms with E-state index < -0.39 is 0 Å². The van der Waals surface area contributed by atoms with Crippen molar-refractivity contribution in [2.24, 2.45) is 0 Å². The first-order valence-corrected chi connectivity index (χ1v) is 7.81. The molecule has 3 nitrogen and oxygen atoms in total. The molecule has 22 heavy (non-hydrogen) atoms. The maximum absolute atomic E-state index is 8.89. The van der Waals surface area contributed by atoms with Gasteiger partial charge in [-0.1, -0.05) is 24.3 Å². The highest BCUT2D eigenvalue weighted by atomic mass is 16.5. The van der Waals surface area contributed by atoms with Crippen LogP contribution in [0.1, 0.15) is 24.0 Å². The van der Waals surface area contributed by atoms with Crippen LogP contribution in [0.5, 0.6) is 5.75 Å². The summed E-state index contributed by atoms with van der Waals surface area (Å²) in [6.45, 7) is 2.08. The van der Waals surface area contributed by atoms with Crippen molar-refractivity contribution in [2.45, 2.75) is 24.9 Å². The maximum atomic E-state index is 8.89. The summed E-state index contributed by atoms with van der Waals surface area (Å²) in [7, 11) is 0. The Balaban J connectivity index is 1.63. The largest absolute Gasteiger partial charge is 0.487 e. The van der Waals surface area contributed by atoms with Crippen molar-refractivity contribution in [3.8, 4) is 22.9 Å². The molecule has 2 heterocycles. The summed E-state index contributed by atoms with van der Waals surface area (Å²) in [6.07, 6.45) is 3.18. The molecule has 0 radical (unpaired) electrons. The number of nitrogens with one attached hydrogen (secondary N) is 1. The normalized spacial score (nSPS) is 18.5. The predicted octanol–water partition coefficient (Wildman–Crippen LogP) is 3.28. The number of piperidine rings is 1. The van der Waals surface area contributed by atoms with Gasteiger partial charge < -0.3 is 10.1 Å². The summed E-state index contributed by atoms with van der Waals surface area (Å²) in [4.78, 5) is 0. The van der Waals surface area contributed by atoms with Crippen LogP contribution < -0.4 is 10.1 Å². The standard InChI is InChI=1S/C19H18N2O/c20-13-14-1-3-15(4-2-14)16-5-6-17-12-19(22-18(17)11-16)7-9-21-10-8-19/h1-6,11,21H,7-10,12H2. The highest BCUT2D eigenvalue weighted by molar-refractivity contribution is 5.67. The Kier molecular flexibility index (Phi) is 3.13. The molecule has 0 aliphatic carbocycles. The van der Waals surface area contributed by atoms with Crippen LogP contribution in [0, 0.1) is 11.3 Å². The monoisotopic (exact) mass is 290 g/mol. The van der Waals surface area contributed by atoms with Gasteiger partial charge in [-0.2, -0.15) is 5.26 Å². The van der Waals surface area contributed by atoms with Gasteiger partial charge in [0.15, 0.2) is 0 Å². The summed E-state index contributed by atoms with van der Waals surface area (Å²) >= 11 is 0. The summed E-state index contributed by atoms with van der Waals surface area (Å²) in [6, 6.07) is 16.4. The molecule has 0 aromatic heterocycles. The van der Waals surface area contributed by atoms with Crippen LogP contribution in [-0.4, -0.2) is 18.7 Å². The molecular weight excluding hydrogens is 272 g/mol. The first kappa shape index (κ1) is 13.4. The molecule has 0 atom stereocenters. The van der Waals surface area contributed by atoms with Crippen molar-refractivity contribution in [3.63, 3.8) is 0 Å². The molecule has 2 aromatic carbocycles. The summed E-state index contributed by atoms with van der Waals surface area (Å²) in [5, 5.41) is 12.3. The van der Waals surface area contributed by atoms with Crippen molar-refractivity contribution < 1.29 is 4.74 Å². The van der Waals surface area contributed by atoms with E-state index in [-0.39, 0.29) is 5.60 Å². The van der Waals surface area contributed by atoms with Crippen LogP contribution in [0.4, 0.5) is 0 Å². The fourth-order valence-electron chi connectivity index (χ4n) is 3.49. The van der Waals surface area contributed by atoms with Gasteiger partial charge in [-0.25, -0.2) is 0 Å². The number of ether oxygens (including phenoxy) is 1. The molecule has 3 heteroatoms. The number of rotatable bonds is 1. The maximum Gasteiger partial charge on any atom is 0.124 e. The van der Waals surface area contributed by atoms with E-state index in [1.54, 1.807) is 0 Å². The van der Waals surface area contributed by atoms with Crippen molar-refractivity contribution in [3.05, 3.63) is 53.6 Å². The Bertz CT molecular complexity index is 737. The lowest BCUT2D eigenvalue weighted by Crippen LogP contribution is -2.45. The molecular formula is C19H18N2O. The summed E-state index contributed by atoms with van der Waals surface area (Å²) < 4.78 is 6.35. The average molecular weight is 290 g/mol. The zero-order valence-electron chi connectivity index (χ0n) is 12.4. The number of nitriles is 1. The fourth-order valence-corrected chi connectivity index (χ4v) is 3.49. The second-order valence-corrected chi connectivity index (χ2v) is 6.22. The van der Waals surface area contributed by atoms with Crippen molar-refractivity contribution in [1.82, 2.24) is 5.32 Å². The smallest absolute Gasteiger partial charge is 0.124 e. The molecule has 0 saturated carbocycles. The molecule has 4 rings (SSSR count). The second-order valence-electron chi connectivity index (χ2n) is 6.22. The van der Waals surface area contributed by atoms with Gasteiger partial charge in [0, 0.05) is 6.42 Å². The quantitative estimate of drug-likeness (QED) is 0.876. The van der Waals surface area contributed by atoms with Gasteiger partial charge in [-0.15, -0.1) is 0 Å². The minimum Gasteiger partial charge on any atom is -0.487 e. The Hall–Kier alpha value is -2.31. The van der Waals surface area contributed by atoms with E-state index in [0.717, 1.165) is 49.2 Å². The Labute approximate surface area is 130 Å². The highest BCUT2D eigenvalue weighted by Gasteiger charge is 2.40. The molecule has 110 valence electrons.